The zero-order valence-electron chi connectivity index (χ0n) is 60.0. The number of furan rings is 2. The highest BCUT2D eigenvalue weighted by atomic mass is 32.1. The van der Waals surface area contributed by atoms with Gasteiger partial charge in [0.15, 0.2) is 24.0 Å². The first kappa shape index (κ1) is 76.9. The predicted molar refractivity (Wildman–Crippen MR) is 452 cm³/mol. The van der Waals surface area contributed by atoms with Gasteiger partial charge in [0.25, 0.3) is 0 Å². The summed E-state index contributed by atoms with van der Waals surface area (Å²) in [6.07, 6.45) is 44.8. The van der Waals surface area contributed by atoms with Gasteiger partial charge in [-0.25, -0.2) is 59.8 Å². The lowest BCUT2D eigenvalue weighted by Crippen LogP contribution is -1.71. The van der Waals surface area contributed by atoms with Crippen molar-refractivity contribution in [1.82, 2.24) is 110 Å². The molecule has 24 aromatic heterocycles. The van der Waals surface area contributed by atoms with E-state index in [0.717, 1.165) is 97.8 Å². The lowest BCUT2D eigenvalue weighted by atomic mass is 10.3. The highest BCUT2D eigenvalue weighted by Crippen LogP contribution is 2.20. The number of nitrogens with zero attached hydrogens (tertiary/aromatic N) is 18. The van der Waals surface area contributed by atoms with Crippen LogP contribution in [-0.2, 0) is 0 Å². The van der Waals surface area contributed by atoms with E-state index in [1.165, 1.54) is 33.0 Å². The predicted octanol–water partition coefficient (Wildman–Crippen LogP) is 20.8. The second-order valence-electron chi connectivity index (χ2n) is 22.6. The lowest BCUT2D eigenvalue weighted by molar-refractivity contribution is 0.590. The number of thiophene rings is 2. The van der Waals surface area contributed by atoms with Gasteiger partial charge in [-0.15, -0.1) is 45.3 Å². The monoisotopic (exact) mass is 1570 g/mol. The number of thiazole rings is 2. The number of fused-ring (bicyclic) bond motifs is 12. The van der Waals surface area contributed by atoms with Crippen molar-refractivity contribution in [3.63, 3.8) is 0 Å². The van der Waals surface area contributed by atoms with Gasteiger partial charge in [0.1, 0.15) is 31.9 Å². The topological polar surface area (TPSA) is 348 Å². The maximum Gasteiger partial charge on any atom is 0.246 e. The lowest BCUT2D eigenvalue weighted by Gasteiger charge is -1.82. The number of imidazole rings is 2. The maximum atomic E-state index is 5.08. The number of hydrogen-bond acceptors (Lipinski definition) is 26. The van der Waals surface area contributed by atoms with Crippen LogP contribution in [0.4, 0.5) is 0 Å². The molecule has 25 aromatic rings. The van der Waals surface area contributed by atoms with Crippen LogP contribution in [0.15, 0.2) is 383 Å². The minimum atomic E-state index is 0.595. The van der Waals surface area contributed by atoms with E-state index in [0.29, 0.717) is 11.4 Å². The van der Waals surface area contributed by atoms with Crippen LogP contribution in [0, 0.1) is 0 Å². The first-order valence-corrected chi connectivity index (χ1v) is 38.0. The van der Waals surface area contributed by atoms with Crippen LogP contribution in [0.2, 0.25) is 0 Å². The average molecular weight is 1570 g/mol. The van der Waals surface area contributed by atoms with Gasteiger partial charge >= 0.3 is 0 Å². The molecule has 0 radical (unpaired) electrons. The Hall–Kier alpha value is -15.2. The van der Waals surface area contributed by atoms with Crippen LogP contribution in [0.25, 0.3) is 129 Å². The summed E-state index contributed by atoms with van der Waals surface area (Å²) in [4.78, 5) is 85.8. The van der Waals surface area contributed by atoms with Crippen LogP contribution >= 0.6 is 45.3 Å². The van der Waals surface area contributed by atoms with Crippen molar-refractivity contribution in [3.05, 3.63) is 366 Å². The number of H-pyrrole nitrogens is 4. The summed E-state index contributed by atoms with van der Waals surface area (Å²) in [6.45, 7) is 0. The van der Waals surface area contributed by atoms with Crippen molar-refractivity contribution >= 4 is 175 Å². The molecule has 26 nitrogen and oxygen atoms in total. The molecule has 4 N–H and O–H groups in total. The summed E-state index contributed by atoms with van der Waals surface area (Å²) in [5, 5.41) is 11.0. The molecule has 1 aromatic carbocycles. The molecule has 0 amide bonds. The molecule has 0 aliphatic rings. The minimum absolute atomic E-state index is 0.595. The van der Waals surface area contributed by atoms with Crippen molar-refractivity contribution < 1.29 is 17.7 Å². The van der Waals surface area contributed by atoms with Gasteiger partial charge < -0.3 is 37.6 Å². The maximum absolute atomic E-state index is 5.08. The first-order chi connectivity index (χ1) is 56.6. The van der Waals surface area contributed by atoms with E-state index in [2.05, 4.69) is 139 Å². The number of rotatable bonds is 0. The summed E-state index contributed by atoms with van der Waals surface area (Å²) in [7, 11) is 0. The van der Waals surface area contributed by atoms with Crippen molar-refractivity contribution in [2.45, 2.75) is 0 Å². The van der Waals surface area contributed by atoms with Gasteiger partial charge in [-0.05, 0) is 144 Å². The van der Waals surface area contributed by atoms with Gasteiger partial charge in [-0.1, -0.05) is 42.5 Å². The van der Waals surface area contributed by atoms with Crippen LogP contribution < -0.4 is 0 Å². The normalized spacial score (nSPS) is 10.1. The molecule has 558 valence electrons. The van der Waals surface area contributed by atoms with Gasteiger partial charge in [0.2, 0.25) is 11.4 Å². The Morgan fingerprint density at radius 3 is 1.61 bits per heavy atom. The molecule has 0 aliphatic carbocycles. The second kappa shape index (κ2) is 42.5. The number of hydrogen-bond donors (Lipinski definition) is 4. The van der Waals surface area contributed by atoms with Crippen molar-refractivity contribution in [2.24, 2.45) is 0 Å². The molecule has 0 saturated heterocycles. The number of nitrogens with one attached hydrogen (secondary N) is 4. The molecule has 0 saturated carbocycles. The van der Waals surface area contributed by atoms with Gasteiger partial charge in [0, 0.05) is 154 Å². The summed E-state index contributed by atoms with van der Waals surface area (Å²) >= 11 is 6.62. The number of pyridine rings is 12. The van der Waals surface area contributed by atoms with Crippen LogP contribution in [0.3, 0.4) is 0 Å². The average Bonchev–Trinajstić information content (AvgIpc) is 1.85. The Morgan fingerprint density at radius 2 is 0.851 bits per heavy atom. The Bertz CT molecular complexity index is 5100. The number of aromatic amines is 4. The molecule has 24 heterocycles. The van der Waals surface area contributed by atoms with Crippen molar-refractivity contribution in [2.75, 3.05) is 0 Å². The molecule has 0 unspecified atom stereocenters. The van der Waals surface area contributed by atoms with Crippen LogP contribution in [0.1, 0.15) is 0 Å². The van der Waals surface area contributed by atoms with Crippen molar-refractivity contribution in [3.8, 4) is 0 Å². The zero-order valence-corrected chi connectivity index (χ0v) is 63.2. The summed E-state index contributed by atoms with van der Waals surface area (Å²) in [5.74, 6) is 0. The molecular weight excluding hydrogens is 1510 g/mol. The quantitative estimate of drug-likeness (QED) is 0.110. The van der Waals surface area contributed by atoms with E-state index in [-0.39, 0.29) is 0 Å². The minimum Gasteiger partial charge on any atom is -0.464 e. The smallest absolute Gasteiger partial charge is 0.246 e. The Kier molecular flexibility index (Phi) is 28.7. The Labute approximate surface area is 663 Å². The fourth-order valence-electron chi connectivity index (χ4n) is 9.76. The van der Waals surface area contributed by atoms with Crippen LogP contribution in [0.5, 0.6) is 0 Å². The van der Waals surface area contributed by atoms with E-state index < -0.39 is 0 Å². The van der Waals surface area contributed by atoms with Gasteiger partial charge in [-0.2, -0.15) is 0 Å². The molecule has 0 spiro atoms. The fraction of sp³-hybridized carbons (Fsp3) is 0. The molecule has 114 heavy (non-hydrogen) atoms. The number of oxazole rings is 2. The third-order valence-corrected chi connectivity index (χ3v) is 18.5. The van der Waals surface area contributed by atoms with E-state index in [9.17, 15) is 0 Å². The van der Waals surface area contributed by atoms with E-state index >= 15 is 0 Å². The Morgan fingerprint density at radius 1 is 0.263 bits per heavy atom. The fourth-order valence-corrected chi connectivity index (χ4v) is 12.5. The van der Waals surface area contributed by atoms with Gasteiger partial charge in [0.05, 0.1) is 87.1 Å². The number of aromatic nitrogens is 22. The molecule has 0 bridgehead atoms. The molecular formula is C84H64N22O4S4. The van der Waals surface area contributed by atoms with E-state index in [4.69, 9.17) is 17.7 Å². The summed E-state index contributed by atoms with van der Waals surface area (Å²) < 4.78 is 22.5. The largest absolute Gasteiger partial charge is 0.464 e. The zero-order chi connectivity index (χ0) is 77.5. The molecule has 0 fully saturated rings. The third kappa shape index (κ3) is 23.4. The molecule has 30 heteroatoms. The standard InChI is InChI=1S/2C7H6N2.2C7H5NO.2C7H5NS.2C6H5N3.2C6H4N2O.2C6H4N2S.C6H6/c1-4-9-7-2-3-8-5-6(1)7;1-2-6-3-5-9-7(6)8-4-1;1-3-8-5-6-2-4-9-7(1)6;1-2-6-3-5-9-7(6)8-4-1;1-3-8-5-6-2-4-9-7(1)6;1-2-6-3-5-9-7(6)8-4-1;1-2-7-3-6-5(1)8-4-9-6;1-2-5-6(7-3-1)9-4-8-5;1-2-7-3-5-6(1)9-4-8-5;1-2-5-6(7-3-1)9-4-8-5;1-2-7-3-5-6(1)9-4-8-5;1-2-5-6(7-3-1)9-4-8-5;1-2-4-6-5-3-1/h1-5,9H;1-5H,(H,8,9);4*1-5H;1-4H,(H,8,9);1-4H,(H,7,8,9);4*1-4H;1-6H. The first-order valence-electron chi connectivity index (χ1n) is 34.5. The summed E-state index contributed by atoms with van der Waals surface area (Å²) in [6, 6.07) is 58.5. The van der Waals surface area contributed by atoms with E-state index in [1.807, 2.05) is 200 Å². The molecule has 0 aliphatic heterocycles. The van der Waals surface area contributed by atoms with Crippen LogP contribution in [-0.4, -0.2) is 110 Å². The third-order valence-electron chi connectivity index (χ3n) is 15.2. The Balaban J connectivity index is 0.000000108. The number of benzene rings is 1. The van der Waals surface area contributed by atoms with Crippen molar-refractivity contribution in [1.29, 1.82) is 0 Å². The highest BCUT2D eigenvalue weighted by molar-refractivity contribution is 7.17. The highest BCUT2D eigenvalue weighted by Gasteiger charge is 1.99. The van der Waals surface area contributed by atoms with Gasteiger partial charge in [-0.3, -0.25) is 29.9 Å². The molecule has 25 rings (SSSR count). The second-order valence-corrected chi connectivity index (χ2v) is 26.2. The SMILES string of the molecule is c1cc2[nH]ccc2cn1.c1cc2nc[nH]c2cn1.c1cc2occc2cn1.c1cc2ocnc2cn1.c1cc2sccc2cn1.c1cc2scnc2cn1.c1ccccc1.c1cnc2[nH]ccc2c1.c1cnc2nc[nH]c2c1.c1cnc2occc2c1.c1cnc2ocnc2c1.c1cnc2sccc2c1.c1cnc2scnc2c1. The summed E-state index contributed by atoms with van der Waals surface area (Å²) in [5.41, 5.74) is 16.0. The molecule has 0 atom stereocenters. The van der Waals surface area contributed by atoms with E-state index in [1.54, 1.807) is 169 Å².